The molecule has 0 aliphatic heterocycles. The van der Waals surface area contributed by atoms with Gasteiger partial charge < -0.3 is 5.32 Å². The van der Waals surface area contributed by atoms with E-state index >= 15 is 0 Å². The summed E-state index contributed by atoms with van der Waals surface area (Å²) in [6.45, 7) is 7.68. The third-order valence-electron chi connectivity index (χ3n) is 3.11. The summed E-state index contributed by atoms with van der Waals surface area (Å²) in [6.07, 6.45) is -0.344. The highest BCUT2D eigenvalue weighted by Gasteiger charge is 2.33. The predicted octanol–water partition coefficient (Wildman–Crippen LogP) is 3.89. The fourth-order valence-corrected chi connectivity index (χ4v) is 2.52. The molecule has 0 saturated carbocycles. The number of nitrogens with one attached hydrogen (secondary N) is 1. The van der Waals surface area contributed by atoms with Gasteiger partial charge in [-0.2, -0.15) is 13.2 Å². The van der Waals surface area contributed by atoms with Crippen molar-refractivity contribution in [2.24, 2.45) is 0 Å². The van der Waals surface area contributed by atoms with Crippen molar-refractivity contribution in [1.82, 2.24) is 8.96 Å². The summed E-state index contributed by atoms with van der Waals surface area (Å²) in [4.78, 5) is 25.1. The summed E-state index contributed by atoms with van der Waals surface area (Å²) >= 11 is 0. The number of anilines is 1. The highest BCUT2D eigenvalue weighted by atomic mass is 32.2. The molecule has 0 aliphatic rings. The molecule has 29 heavy (non-hydrogen) atoms. The molecule has 2 heterocycles. The van der Waals surface area contributed by atoms with Crippen LogP contribution < -0.4 is 5.32 Å². The largest absolute Gasteiger partial charge is 0.449 e. The zero-order chi connectivity index (χ0) is 22.8. The number of Topliss-reactive ketones (excluding diaryl/α,β-unsaturated/α-hetero) is 1. The molecule has 0 saturated heterocycles. The van der Waals surface area contributed by atoms with Crippen molar-refractivity contribution in [2.75, 3.05) is 5.32 Å². The van der Waals surface area contributed by atoms with Crippen LogP contribution in [0.15, 0.2) is 42.9 Å². The molecule has 0 unspecified atom stereocenters. The van der Waals surface area contributed by atoms with Crippen LogP contribution in [0, 0.1) is 0 Å². The summed E-state index contributed by atoms with van der Waals surface area (Å²) in [5, 5.41) is 2.07. The van der Waals surface area contributed by atoms with E-state index < -0.39 is 27.2 Å². The molecule has 0 radical (unpaired) electrons. The smallest absolute Gasteiger partial charge is 0.319 e. The molecule has 2 aromatic rings. The standard InChI is InChI=1S/C13H15N3O3S.C3H3F3O.C2H6/c1-10(2)20(18,19)16-8-6-11(9-16)15-13(17)12-5-3-4-7-14-12;1-2(7)3(4,5)6;1-2/h3-10H,1-2H3,(H,15,17);1H3;1-2H3. The second-order valence-corrected chi connectivity index (χ2v) is 7.94. The van der Waals surface area contributed by atoms with Crippen molar-refractivity contribution >= 4 is 27.4 Å². The van der Waals surface area contributed by atoms with Gasteiger partial charge in [-0.3, -0.25) is 18.5 Å². The molecule has 0 fully saturated rings. The fourth-order valence-electron chi connectivity index (χ4n) is 1.54. The van der Waals surface area contributed by atoms with Crippen LogP contribution in [0.3, 0.4) is 0 Å². The number of amides is 1. The number of ketones is 1. The van der Waals surface area contributed by atoms with Crippen molar-refractivity contribution in [1.29, 1.82) is 0 Å². The fraction of sp³-hybridized carbons (Fsp3) is 0.389. The highest BCUT2D eigenvalue weighted by molar-refractivity contribution is 7.90. The summed E-state index contributed by atoms with van der Waals surface area (Å²) in [7, 11) is -3.41. The Hall–Kier alpha value is -2.69. The zero-order valence-corrected chi connectivity index (χ0v) is 17.5. The number of carbonyl (C=O) groups excluding carboxylic acids is 2. The Morgan fingerprint density at radius 3 is 2.10 bits per heavy atom. The molecule has 0 bridgehead atoms. The number of alkyl halides is 3. The summed E-state index contributed by atoms with van der Waals surface area (Å²) < 4.78 is 57.5. The van der Waals surface area contributed by atoms with E-state index in [1.54, 1.807) is 32.0 Å². The van der Waals surface area contributed by atoms with Crippen LogP contribution in [0.2, 0.25) is 0 Å². The van der Waals surface area contributed by atoms with E-state index in [0.29, 0.717) is 12.6 Å². The Balaban J connectivity index is 0.000000740. The van der Waals surface area contributed by atoms with Crippen molar-refractivity contribution in [3.8, 4) is 0 Å². The van der Waals surface area contributed by atoms with Gasteiger partial charge in [0.2, 0.25) is 15.8 Å². The number of nitrogens with zero attached hydrogens (tertiary/aromatic N) is 2. The van der Waals surface area contributed by atoms with E-state index in [4.69, 9.17) is 0 Å². The maximum Gasteiger partial charge on any atom is 0.449 e. The van der Waals surface area contributed by atoms with Gasteiger partial charge in [0.25, 0.3) is 5.91 Å². The van der Waals surface area contributed by atoms with Gasteiger partial charge in [0.15, 0.2) is 0 Å². The van der Waals surface area contributed by atoms with Crippen LogP contribution in [0.1, 0.15) is 45.1 Å². The number of hydrogen-bond acceptors (Lipinski definition) is 5. The molecule has 0 aliphatic carbocycles. The average molecular weight is 435 g/mol. The van der Waals surface area contributed by atoms with Gasteiger partial charge in [-0.05, 0) is 32.0 Å². The monoisotopic (exact) mass is 435 g/mol. The van der Waals surface area contributed by atoms with Crippen molar-refractivity contribution in [2.45, 2.75) is 46.0 Å². The Kier molecular flexibility index (Phi) is 10.3. The molecule has 162 valence electrons. The van der Waals surface area contributed by atoms with E-state index in [0.717, 1.165) is 3.97 Å². The summed E-state index contributed by atoms with van der Waals surface area (Å²) in [5.74, 6) is -2.14. The lowest BCUT2D eigenvalue weighted by Gasteiger charge is -2.08. The van der Waals surface area contributed by atoms with Gasteiger partial charge in [-0.1, -0.05) is 19.9 Å². The van der Waals surface area contributed by atoms with Crippen molar-refractivity contribution in [3.63, 3.8) is 0 Å². The van der Waals surface area contributed by atoms with Gasteiger partial charge in [-0.25, -0.2) is 8.42 Å². The van der Waals surface area contributed by atoms with Crippen LogP contribution in [0.4, 0.5) is 18.9 Å². The number of carbonyl (C=O) groups is 2. The molecule has 1 N–H and O–H groups in total. The first-order valence-corrected chi connectivity index (χ1v) is 10.1. The lowest BCUT2D eigenvalue weighted by molar-refractivity contribution is -0.168. The Labute approximate surface area is 168 Å². The molecule has 2 rings (SSSR count). The number of aromatic nitrogens is 2. The van der Waals surface area contributed by atoms with Gasteiger partial charge in [0.05, 0.1) is 10.9 Å². The quantitative estimate of drug-likeness (QED) is 0.786. The lowest BCUT2D eigenvalue weighted by atomic mass is 10.3. The molecular weight excluding hydrogens is 411 g/mol. The van der Waals surface area contributed by atoms with Gasteiger partial charge in [0, 0.05) is 25.5 Å². The van der Waals surface area contributed by atoms with E-state index in [1.165, 1.54) is 24.7 Å². The first kappa shape index (κ1) is 26.3. The molecular formula is C18H24F3N3O4S. The van der Waals surface area contributed by atoms with E-state index in [2.05, 4.69) is 10.3 Å². The zero-order valence-electron chi connectivity index (χ0n) is 16.7. The molecule has 7 nitrogen and oxygen atoms in total. The minimum atomic E-state index is -4.64. The maximum atomic E-state index is 11.9. The van der Waals surface area contributed by atoms with Crippen LogP contribution in [0.25, 0.3) is 0 Å². The first-order valence-electron chi connectivity index (χ1n) is 8.58. The third-order valence-corrected chi connectivity index (χ3v) is 5.12. The highest BCUT2D eigenvalue weighted by Crippen LogP contribution is 2.15. The molecule has 0 atom stereocenters. The molecule has 1 amide bonds. The third kappa shape index (κ3) is 8.46. The van der Waals surface area contributed by atoms with Gasteiger partial charge in [-0.15, -0.1) is 0 Å². The van der Waals surface area contributed by atoms with Crippen LogP contribution >= 0.6 is 0 Å². The number of hydrogen-bond donors (Lipinski definition) is 1. The Bertz CT molecular complexity index is 893. The SMILES string of the molecule is CC.CC(=O)C(F)(F)F.CC(C)S(=O)(=O)n1ccc(NC(=O)c2ccccn2)c1. The van der Waals surface area contributed by atoms with Crippen LogP contribution in [-0.2, 0) is 14.8 Å². The Morgan fingerprint density at radius 2 is 1.69 bits per heavy atom. The second-order valence-electron chi connectivity index (χ2n) is 5.55. The number of rotatable bonds is 4. The lowest BCUT2D eigenvalue weighted by Crippen LogP contribution is -2.21. The van der Waals surface area contributed by atoms with E-state index in [-0.39, 0.29) is 11.6 Å². The Morgan fingerprint density at radius 1 is 1.14 bits per heavy atom. The molecule has 0 aromatic carbocycles. The number of pyridine rings is 1. The van der Waals surface area contributed by atoms with E-state index in [1.807, 2.05) is 13.8 Å². The minimum absolute atomic E-state index is 0.270. The molecule has 2 aromatic heterocycles. The second kappa shape index (κ2) is 11.3. The predicted molar refractivity (Wildman–Crippen MR) is 104 cm³/mol. The summed E-state index contributed by atoms with van der Waals surface area (Å²) in [5.41, 5.74) is 0.678. The normalized spacial score (nSPS) is 10.9. The van der Waals surface area contributed by atoms with Crippen LogP contribution in [-0.4, -0.2) is 40.5 Å². The average Bonchev–Trinajstić information content (AvgIpc) is 3.13. The van der Waals surface area contributed by atoms with Crippen molar-refractivity contribution in [3.05, 3.63) is 48.5 Å². The number of halogens is 3. The van der Waals surface area contributed by atoms with Gasteiger partial charge >= 0.3 is 6.18 Å². The first-order chi connectivity index (χ1) is 13.4. The summed E-state index contributed by atoms with van der Waals surface area (Å²) in [6, 6.07) is 6.52. The minimum Gasteiger partial charge on any atom is -0.319 e. The topological polar surface area (TPSA) is 98.1 Å². The van der Waals surface area contributed by atoms with Crippen LogP contribution in [0.5, 0.6) is 0 Å². The molecule has 11 heteroatoms. The molecule has 0 spiro atoms. The maximum absolute atomic E-state index is 11.9. The van der Waals surface area contributed by atoms with E-state index in [9.17, 15) is 31.2 Å². The van der Waals surface area contributed by atoms with Gasteiger partial charge in [0.1, 0.15) is 5.69 Å². The van der Waals surface area contributed by atoms with Crippen molar-refractivity contribution < 1.29 is 31.2 Å².